The molecule has 1 aromatic carbocycles. The van der Waals surface area contributed by atoms with Crippen LogP contribution in [0.15, 0.2) is 46.3 Å². The second-order valence-electron chi connectivity index (χ2n) is 5.43. The fourth-order valence-corrected chi connectivity index (χ4v) is 3.00. The van der Waals surface area contributed by atoms with Crippen molar-refractivity contribution in [2.24, 2.45) is 0 Å². The number of benzene rings is 1. The first-order valence-electron chi connectivity index (χ1n) is 7.89. The standard InChI is InChI=1S/C18H18FN3OS/c19-15-8-6-13(7-9-15)12-14(4-1-2-10-20)18-21-17(22-23-18)16-5-3-11-24-16/h3,5-9,11-12H,1-2,4,10,20H2/p+1/b14-12+. The molecule has 2 heterocycles. The highest BCUT2D eigenvalue weighted by atomic mass is 32.1. The summed E-state index contributed by atoms with van der Waals surface area (Å²) in [6, 6.07) is 10.3. The van der Waals surface area contributed by atoms with E-state index in [0.29, 0.717) is 11.7 Å². The van der Waals surface area contributed by atoms with Crippen LogP contribution in [0.3, 0.4) is 0 Å². The molecule has 0 aliphatic carbocycles. The molecule has 0 unspecified atom stereocenters. The molecule has 0 fully saturated rings. The number of halogens is 1. The molecule has 0 amide bonds. The number of quaternary nitrogens is 1. The summed E-state index contributed by atoms with van der Waals surface area (Å²) in [5.74, 6) is 0.873. The predicted molar refractivity (Wildman–Crippen MR) is 93.5 cm³/mol. The Morgan fingerprint density at radius 2 is 2.04 bits per heavy atom. The Morgan fingerprint density at radius 1 is 1.21 bits per heavy atom. The maximum absolute atomic E-state index is 13.1. The summed E-state index contributed by atoms with van der Waals surface area (Å²) in [7, 11) is 0. The van der Waals surface area contributed by atoms with Crippen LogP contribution in [0.1, 0.15) is 30.7 Å². The number of aromatic nitrogens is 2. The third kappa shape index (κ3) is 4.15. The van der Waals surface area contributed by atoms with Gasteiger partial charge in [0, 0.05) is 5.57 Å². The molecule has 0 bridgehead atoms. The van der Waals surface area contributed by atoms with Gasteiger partial charge in [-0.25, -0.2) is 4.39 Å². The summed E-state index contributed by atoms with van der Waals surface area (Å²) in [5.41, 5.74) is 5.75. The Bertz CT molecular complexity index is 794. The number of hydrogen-bond donors (Lipinski definition) is 1. The van der Waals surface area contributed by atoms with Gasteiger partial charge in [-0.3, -0.25) is 0 Å². The monoisotopic (exact) mass is 344 g/mol. The lowest BCUT2D eigenvalue weighted by molar-refractivity contribution is -0.368. The average molecular weight is 344 g/mol. The molecule has 4 nitrogen and oxygen atoms in total. The molecule has 0 radical (unpaired) electrons. The van der Waals surface area contributed by atoms with Gasteiger partial charge in [-0.1, -0.05) is 23.4 Å². The van der Waals surface area contributed by atoms with Crippen LogP contribution in [-0.2, 0) is 0 Å². The summed E-state index contributed by atoms with van der Waals surface area (Å²) in [6.07, 6.45) is 4.83. The topological polar surface area (TPSA) is 66.6 Å². The van der Waals surface area contributed by atoms with Gasteiger partial charge in [-0.2, -0.15) is 4.98 Å². The first-order chi connectivity index (χ1) is 11.8. The normalized spacial score (nSPS) is 11.8. The zero-order chi connectivity index (χ0) is 16.8. The third-order valence-corrected chi connectivity index (χ3v) is 4.47. The Morgan fingerprint density at radius 3 is 2.75 bits per heavy atom. The average Bonchev–Trinajstić information content (AvgIpc) is 3.27. The molecule has 0 atom stereocenters. The van der Waals surface area contributed by atoms with Gasteiger partial charge in [-0.05, 0) is 54.5 Å². The Balaban J connectivity index is 1.88. The van der Waals surface area contributed by atoms with E-state index >= 15 is 0 Å². The molecule has 6 heteroatoms. The Kier molecular flexibility index (Phi) is 5.51. The van der Waals surface area contributed by atoms with Gasteiger partial charge in [0.25, 0.3) is 5.89 Å². The van der Waals surface area contributed by atoms with E-state index in [9.17, 15) is 4.39 Å². The van der Waals surface area contributed by atoms with E-state index in [-0.39, 0.29) is 5.82 Å². The smallest absolute Gasteiger partial charge is 0.254 e. The lowest BCUT2D eigenvalue weighted by Crippen LogP contribution is -2.50. The largest absolute Gasteiger partial charge is 0.358 e. The SMILES string of the molecule is [NH3+]CCCC/C(=C\c1ccc(F)cc1)c1nc(-c2cccs2)no1. The van der Waals surface area contributed by atoms with Crippen LogP contribution in [0.4, 0.5) is 4.39 Å². The second kappa shape index (κ2) is 7.99. The molecular formula is C18H19FN3OS+. The molecule has 124 valence electrons. The Hall–Kier alpha value is -2.31. The van der Waals surface area contributed by atoms with E-state index in [0.717, 1.165) is 41.8 Å². The third-order valence-electron chi connectivity index (χ3n) is 3.60. The second-order valence-corrected chi connectivity index (χ2v) is 6.38. The number of allylic oxidation sites excluding steroid dienone is 1. The Labute approximate surface area is 143 Å². The fourth-order valence-electron chi connectivity index (χ4n) is 2.35. The first-order valence-corrected chi connectivity index (χ1v) is 8.77. The van der Waals surface area contributed by atoms with E-state index in [4.69, 9.17) is 4.52 Å². The van der Waals surface area contributed by atoms with Gasteiger partial charge in [0.05, 0.1) is 11.4 Å². The quantitative estimate of drug-likeness (QED) is 0.661. The zero-order valence-electron chi connectivity index (χ0n) is 13.2. The highest BCUT2D eigenvalue weighted by molar-refractivity contribution is 7.13. The van der Waals surface area contributed by atoms with Crippen molar-refractivity contribution < 1.29 is 14.6 Å². The maximum Gasteiger partial charge on any atom is 0.254 e. The maximum atomic E-state index is 13.1. The van der Waals surface area contributed by atoms with Crippen molar-refractivity contribution in [2.75, 3.05) is 6.54 Å². The van der Waals surface area contributed by atoms with Crippen molar-refractivity contribution in [3.05, 3.63) is 59.0 Å². The molecular weight excluding hydrogens is 325 g/mol. The van der Waals surface area contributed by atoms with Crippen molar-refractivity contribution in [2.45, 2.75) is 19.3 Å². The number of thiophene rings is 1. The summed E-state index contributed by atoms with van der Waals surface area (Å²) in [5, 5.41) is 6.06. The molecule has 2 aromatic heterocycles. The van der Waals surface area contributed by atoms with Crippen LogP contribution in [-0.4, -0.2) is 16.7 Å². The van der Waals surface area contributed by atoms with E-state index in [1.807, 2.05) is 23.6 Å². The van der Waals surface area contributed by atoms with Crippen molar-refractivity contribution >= 4 is 23.0 Å². The highest BCUT2D eigenvalue weighted by Gasteiger charge is 2.13. The number of hydrogen-bond acceptors (Lipinski definition) is 4. The van der Waals surface area contributed by atoms with Crippen molar-refractivity contribution in [3.63, 3.8) is 0 Å². The van der Waals surface area contributed by atoms with Gasteiger partial charge >= 0.3 is 0 Å². The molecule has 0 aliphatic rings. The molecule has 0 aliphatic heterocycles. The van der Waals surface area contributed by atoms with Crippen LogP contribution in [0.5, 0.6) is 0 Å². The molecule has 24 heavy (non-hydrogen) atoms. The van der Waals surface area contributed by atoms with Gasteiger partial charge in [0.15, 0.2) is 0 Å². The van der Waals surface area contributed by atoms with Crippen LogP contribution in [0.25, 0.3) is 22.4 Å². The van der Waals surface area contributed by atoms with Crippen molar-refractivity contribution in [1.29, 1.82) is 0 Å². The molecule has 0 saturated heterocycles. The van der Waals surface area contributed by atoms with Crippen LogP contribution in [0, 0.1) is 5.82 Å². The zero-order valence-corrected chi connectivity index (χ0v) is 14.1. The minimum Gasteiger partial charge on any atom is -0.358 e. The minimum atomic E-state index is -0.247. The molecule has 0 saturated carbocycles. The van der Waals surface area contributed by atoms with E-state index < -0.39 is 0 Å². The van der Waals surface area contributed by atoms with Crippen LogP contribution >= 0.6 is 11.3 Å². The summed E-state index contributed by atoms with van der Waals surface area (Å²) >= 11 is 1.57. The number of unbranched alkanes of at least 4 members (excludes halogenated alkanes) is 1. The molecule has 3 rings (SSSR count). The fraction of sp³-hybridized carbons (Fsp3) is 0.222. The van der Waals surface area contributed by atoms with Crippen LogP contribution < -0.4 is 5.73 Å². The predicted octanol–water partition coefficient (Wildman–Crippen LogP) is 3.89. The lowest BCUT2D eigenvalue weighted by Gasteiger charge is -2.02. The van der Waals surface area contributed by atoms with Crippen molar-refractivity contribution in [3.8, 4) is 10.7 Å². The van der Waals surface area contributed by atoms with Gasteiger partial charge in [0.1, 0.15) is 5.82 Å². The molecule has 3 N–H and O–H groups in total. The van der Waals surface area contributed by atoms with Crippen LogP contribution in [0.2, 0.25) is 0 Å². The van der Waals surface area contributed by atoms with E-state index in [2.05, 4.69) is 15.9 Å². The molecule has 3 aromatic rings. The summed E-state index contributed by atoms with van der Waals surface area (Å²) in [6.45, 7) is 0.897. The number of nitrogens with zero attached hydrogens (tertiary/aromatic N) is 2. The van der Waals surface area contributed by atoms with Crippen molar-refractivity contribution in [1.82, 2.24) is 10.1 Å². The van der Waals surface area contributed by atoms with Gasteiger partial charge < -0.3 is 10.3 Å². The minimum absolute atomic E-state index is 0.247. The summed E-state index contributed by atoms with van der Waals surface area (Å²) < 4.78 is 18.6. The first kappa shape index (κ1) is 16.5. The van der Waals surface area contributed by atoms with Gasteiger partial charge in [-0.15, -0.1) is 11.3 Å². The lowest BCUT2D eigenvalue weighted by atomic mass is 10.0. The van der Waals surface area contributed by atoms with E-state index in [1.54, 1.807) is 23.5 Å². The van der Waals surface area contributed by atoms with Gasteiger partial charge in [0.2, 0.25) is 5.82 Å². The molecule has 0 spiro atoms. The van der Waals surface area contributed by atoms with E-state index in [1.165, 1.54) is 12.1 Å². The number of rotatable bonds is 7. The highest BCUT2D eigenvalue weighted by Crippen LogP contribution is 2.27. The summed E-state index contributed by atoms with van der Waals surface area (Å²) in [4.78, 5) is 5.50.